The van der Waals surface area contributed by atoms with Crippen molar-refractivity contribution in [3.63, 3.8) is 0 Å². The van der Waals surface area contributed by atoms with Crippen LogP contribution in [0.15, 0.2) is 0 Å². The third-order valence-electron chi connectivity index (χ3n) is 0.984. The molecule has 0 fully saturated rings. The molecule has 0 saturated heterocycles. The van der Waals surface area contributed by atoms with E-state index in [1.165, 1.54) is 0 Å². The van der Waals surface area contributed by atoms with Crippen molar-refractivity contribution in [2.24, 2.45) is 0 Å². The van der Waals surface area contributed by atoms with Gasteiger partial charge in [-0.2, -0.15) is 9.97 Å². The van der Waals surface area contributed by atoms with E-state index in [4.69, 9.17) is 22.8 Å². The Morgan fingerprint density at radius 3 is 2.83 bits per heavy atom. The molecule has 1 aromatic rings. The van der Waals surface area contributed by atoms with Crippen LogP contribution in [0.3, 0.4) is 0 Å². The van der Waals surface area contributed by atoms with Crippen molar-refractivity contribution in [2.45, 2.75) is 6.92 Å². The van der Waals surface area contributed by atoms with Gasteiger partial charge in [0.2, 0.25) is 5.28 Å². The Morgan fingerprint density at radius 1 is 1.50 bits per heavy atom. The molecule has 0 saturated carbocycles. The second-order valence-electron chi connectivity index (χ2n) is 1.93. The average molecular weight is 184 g/mol. The zero-order valence-corrected chi connectivity index (χ0v) is 7.17. The molecule has 0 aromatic carbocycles. The van der Waals surface area contributed by atoms with Gasteiger partial charge >= 0.3 is 6.01 Å². The maximum Gasteiger partial charge on any atom is 0.321 e. The molecule has 0 unspecified atom stereocenters. The first kappa shape index (κ1) is 8.75. The lowest BCUT2D eigenvalue weighted by atomic mass is 10.7. The first-order chi connectivity index (χ1) is 5.72. The minimum Gasteiger partial charge on any atom is -0.450 e. The Balaban J connectivity index is 2.80. The lowest BCUT2D eigenvalue weighted by Gasteiger charge is -1.99. The average Bonchev–Trinajstić information content (AvgIpc) is 1.99. The summed E-state index contributed by atoms with van der Waals surface area (Å²) in [6, 6.07) is 0.158. The molecular formula is C7H6ClN3O. The topological polar surface area (TPSA) is 47.9 Å². The first-order valence-corrected chi connectivity index (χ1v) is 3.54. The van der Waals surface area contributed by atoms with Crippen molar-refractivity contribution in [1.82, 2.24) is 15.0 Å². The second kappa shape index (κ2) is 3.88. The molecule has 5 heteroatoms. The van der Waals surface area contributed by atoms with Crippen LogP contribution in [0, 0.1) is 19.3 Å². The zero-order valence-electron chi connectivity index (χ0n) is 6.41. The summed E-state index contributed by atoms with van der Waals surface area (Å²) < 4.78 is 4.93. The molecular weight excluding hydrogens is 178 g/mol. The van der Waals surface area contributed by atoms with Crippen LogP contribution in [0.2, 0.25) is 5.28 Å². The van der Waals surface area contributed by atoms with Crippen LogP contribution in [0.5, 0.6) is 6.01 Å². The van der Waals surface area contributed by atoms with Gasteiger partial charge in [0.1, 0.15) is 5.82 Å². The van der Waals surface area contributed by atoms with E-state index < -0.39 is 0 Å². The highest BCUT2D eigenvalue weighted by Crippen LogP contribution is 2.06. The number of ether oxygens (including phenoxy) is 1. The Morgan fingerprint density at radius 2 is 2.25 bits per heavy atom. The molecule has 1 aromatic heterocycles. The predicted molar refractivity (Wildman–Crippen MR) is 43.9 cm³/mol. The molecule has 0 bridgehead atoms. The molecule has 4 nitrogen and oxygen atoms in total. The minimum atomic E-state index is 0.106. The lowest BCUT2D eigenvalue weighted by molar-refractivity contribution is 0.337. The van der Waals surface area contributed by atoms with Crippen LogP contribution in [-0.2, 0) is 0 Å². The molecule has 0 aliphatic rings. The summed E-state index contributed by atoms with van der Waals surface area (Å²) in [6.07, 6.45) is 4.97. The summed E-state index contributed by atoms with van der Waals surface area (Å²) in [5.41, 5.74) is 0. The number of hydrogen-bond acceptors (Lipinski definition) is 4. The third kappa shape index (κ3) is 2.36. The standard InChI is InChI=1S/C7H6ClN3O/c1-3-4-12-7-10-5(2)9-6(8)11-7/h1H,4H2,2H3. The van der Waals surface area contributed by atoms with Gasteiger partial charge in [0.05, 0.1) is 0 Å². The second-order valence-corrected chi connectivity index (χ2v) is 2.27. The normalized spacial score (nSPS) is 9.08. The van der Waals surface area contributed by atoms with Crippen molar-refractivity contribution >= 4 is 11.6 Å². The summed E-state index contributed by atoms with van der Waals surface area (Å²) in [7, 11) is 0. The lowest BCUT2D eigenvalue weighted by Crippen LogP contribution is -2.01. The SMILES string of the molecule is C#CCOc1nc(C)nc(Cl)n1. The molecule has 62 valence electrons. The Labute approximate surface area is 75.0 Å². The van der Waals surface area contributed by atoms with Crippen LogP contribution >= 0.6 is 11.6 Å². The van der Waals surface area contributed by atoms with Gasteiger partial charge in [-0.1, -0.05) is 5.92 Å². The predicted octanol–water partition coefficient (Wildman–Crippen LogP) is 0.845. The summed E-state index contributed by atoms with van der Waals surface area (Å²) in [5, 5.41) is 0.106. The van der Waals surface area contributed by atoms with Crippen LogP contribution in [-0.4, -0.2) is 21.6 Å². The summed E-state index contributed by atoms with van der Waals surface area (Å²) in [5.74, 6) is 2.79. The number of rotatable bonds is 2. The van der Waals surface area contributed by atoms with Crippen molar-refractivity contribution in [3.05, 3.63) is 11.1 Å². The van der Waals surface area contributed by atoms with E-state index in [9.17, 15) is 0 Å². The van der Waals surface area contributed by atoms with E-state index in [1.807, 2.05) is 0 Å². The molecule has 1 heterocycles. The number of nitrogens with zero attached hydrogens (tertiary/aromatic N) is 3. The van der Waals surface area contributed by atoms with E-state index >= 15 is 0 Å². The molecule has 0 aliphatic heterocycles. The Kier molecular flexibility index (Phi) is 2.83. The number of aromatic nitrogens is 3. The van der Waals surface area contributed by atoms with Crippen molar-refractivity contribution in [1.29, 1.82) is 0 Å². The van der Waals surface area contributed by atoms with Gasteiger partial charge in [0.15, 0.2) is 6.61 Å². The molecule has 0 amide bonds. The van der Waals surface area contributed by atoms with E-state index in [2.05, 4.69) is 20.9 Å². The Hall–Kier alpha value is -1.34. The van der Waals surface area contributed by atoms with Crippen LogP contribution in [0.1, 0.15) is 5.82 Å². The Bertz CT molecular complexity index is 301. The van der Waals surface area contributed by atoms with Gasteiger partial charge in [-0.3, -0.25) is 0 Å². The maximum absolute atomic E-state index is 5.54. The summed E-state index contributed by atoms with van der Waals surface area (Å²) >= 11 is 5.54. The fourth-order valence-corrected chi connectivity index (χ4v) is 0.791. The largest absolute Gasteiger partial charge is 0.450 e. The van der Waals surface area contributed by atoms with Gasteiger partial charge in [-0.25, -0.2) is 4.98 Å². The van der Waals surface area contributed by atoms with Crippen molar-refractivity contribution < 1.29 is 4.74 Å². The third-order valence-corrected chi connectivity index (χ3v) is 1.15. The summed E-state index contributed by atoms with van der Waals surface area (Å²) in [6.45, 7) is 1.82. The van der Waals surface area contributed by atoms with Crippen molar-refractivity contribution in [2.75, 3.05) is 6.61 Å². The zero-order chi connectivity index (χ0) is 8.97. The number of hydrogen-bond donors (Lipinski definition) is 0. The van der Waals surface area contributed by atoms with Crippen LogP contribution < -0.4 is 4.74 Å². The molecule has 0 N–H and O–H groups in total. The molecule has 12 heavy (non-hydrogen) atoms. The highest BCUT2D eigenvalue weighted by atomic mass is 35.5. The highest BCUT2D eigenvalue weighted by molar-refractivity contribution is 6.28. The van der Waals surface area contributed by atoms with Crippen molar-refractivity contribution in [3.8, 4) is 18.4 Å². The van der Waals surface area contributed by atoms with Crippen LogP contribution in [0.25, 0.3) is 0 Å². The van der Waals surface area contributed by atoms with Gasteiger partial charge < -0.3 is 4.74 Å². The van der Waals surface area contributed by atoms with Gasteiger partial charge in [0, 0.05) is 0 Å². The van der Waals surface area contributed by atoms with E-state index in [0.717, 1.165) is 0 Å². The van der Waals surface area contributed by atoms with Gasteiger partial charge in [-0.05, 0) is 18.5 Å². The molecule has 0 spiro atoms. The number of terminal acetylenes is 1. The minimum absolute atomic E-state index is 0.106. The monoisotopic (exact) mass is 183 g/mol. The molecule has 1 rings (SSSR count). The number of aryl methyl sites for hydroxylation is 1. The molecule has 0 atom stereocenters. The fraction of sp³-hybridized carbons (Fsp3) is 0.286. The summed E-state index contributed by atoms with van der Waals surface area (Å²) in [4.78, 5) is 11.3. The van der Waals surface area contributed by atoms with Crippen LogP contribution in [0.4, 0.5) is 0 Å². The quantitative estimate of drug-likeness (QED) is 0.638. The smallest absolute Gasteiger partial charge is 0.321 e. The maximum atomic E-state index is 5.54. The van der Waals surface area contributed by atoms with Gasteiger partial charge in [0.25, 0.3) is 0 Å². The van der Waals surface area contributed by atoms with E-state index in [0.29, 0.717) is 5.82 Å². The van der Waals surface area contributed by atoms with Gasteiger partial charge in [-0.15, -0.1) is 6.42 Å². The molecule has 0 radical (unpaired) electrons. The fourth-order valence-electron chi connectivity index (χ4n) is 0.597. The highest BCUT2D eigenvalue weighted by Gasteiger charge is 2.00. The number of halogens is 1. The first-order valence-electron chi connectivity index (χ1n) is 3.17. The van der Waals surface area contributed by atoms with E-state index in [1.54, 1.807) is 6.92 Å². The van der Waals surface area contributed by atoms with E-state index in [-0.39, 0.29) is 17.9 Å². The molecule has 0 aliphatic carbocycles.